The summed E-state index contributed by atoms with van der Waals surface area (Å²) in [5, 5.41) is 2.51. The molecule has 2 nitrogen and oxygen atoms in total. The molecule has 0 spiro atoms. The van der Waals surface area contributed by atoms with E-state index < -0.39 is 0 Å². The summed E-state index contributed by atoms with van der Waals surface area (Å²) in [6.45, 7) is 0. The van der Waals surface area contributed by atoms with E-state index in [0.717, 1.165) is 12.2 Å². The van der Waals surface area contributed by atoms with Gasteiger partial charge in [0.05, 0.1) is 12.3 Å². The van der Waals surface area contributed by atoms with Crippen LogP contribution in [0.2, 0.25) is 0 Å². The Morgan fingerprint density at radius 1 is 0.944 bits per heavy atom. The van der Waals surface area contributed by atoms with Gasteiger partial charge in [-0.3, -0.25) is 0 Å². The van der Waals surface area contributed by atoms with Gasteiger partial charge in [-0.2, -0.15) is 0 Å². The van der Waals surface area contributed by atoms with Gasteiger partial charge in [0, 0.05) is 0 Å². The van der Waals surface area contributed by atoms with Crippen molar-refractivity contribution in [3.63, 3.8) is 0 Å². The lowest BCUT2D eigenvalue weighted by Gasteiger charge is -2.09. The number of hydrogen-bond donors (Lipinski definition) is 1. The average molecular weight is 237 g/mol. The van der Waals surface area contributed by atoms with Gasteiger partial charge >= 0.3 is 0 Å². The zero-order chi connectivity index (χ0) is 12.4. The fraction of sp³-hybridized carbons (Fsp3) is 0.125. The van der Waals surface area contributed by atoms with Crippen LogP contribution in [0.4, 0.5) is 0 Å². The number of rotatable bonds is 3. The third-order valence-electron chi connectivity index (χ3n) is 3.18. The summed E-state index contributed by atoms with van der Waals surface area (Å²) < 4.78 is 5.33. The van der Waals surface area contributed by atoms with Crippen molar-refractivity contribution in [2.45, 2.75) is 12.5 Å². The van der Waals surface area contributed by atoms with Crippen LogP contribution in [-0.4, -0.2) is 0 Å². The summed E-state index contributed by atoms with van der Waals surface area (Å²) in [6.07, 6.45) is 2.45. The maximum absolute atomic E-state index is 6.12. The molecule has 0 fully saturated rings. The molecular formula is C16H15NO. The summed E-state index contributed by atoms with van der Waals surface area (Å²) >= 11 is 0. The number of nitrogens with two attached hydrogens (primary N) is 1. The van der Waals surface area contributed by atoms with E-state index in [0.29, 0.717) is 0 Å². The SMILES string of the molecule is NC(Cc1ccc2ccccc2c1)c1ccco1. The van der Waals surface area contributed by atoms with E-state index in [1.165, 1.54) is 16.3 Å². The van der Waals surface area contributed by atoms with E-state index in [2.05, 4.69) is 42.5 Å². The molecule has 2 heteroatoms. The molecule has 18 heavy (non-hydrogen) atoms. The van der Waals surface area contributed by atoms with Crippen molar-refractivity contribution < 1.29 is 4.42 Å². The monoisotopic (exact) mass is 237 g/mol. The molecule has 3 aromatic rings. The predicted octanol–water partition coefficient (Wildman–Crippen LogP) is 3.68. The van der Waals surface area contributed by atoms with Gasteiger partial charge in [-0.1, -0.05) is 42.5 Å². The zero-order valence-electron chi connectivity index (χ0n) is 10.0. The lowest BCUT2D eigenvalue weighted by Crippen LogP contribution is -2.12. The van der Waals surface area contributed by atoms with Crippen molar-refractivity contribution in [3.05, 3.63) is 72.2 Å². The van der Waals surface area contributed by atoms with Crippen LogP contribution in [0.25, 0.3) is 10.8 Å². The summed E-state index contributed by atoms with van der Waals surface area (Å²) in [4.78, 5) is 0. The van der Waals surface area contributed by atoms with Crippen molar-refractivity contribution in [2.75, 3.05) is 0 Å². The van der Waals surface area contributed by atoms with Crippen LogP contribution < -0.4 is 5.73 Å². The van der Waals surface area contributed by atoms with Gasteiger partial charge < -0.3 is 10.2 Å². The van der Waals surface area contributed by atoms with Gasteiger partial charge in [0.15, 0.2) is 0 Å². The Labute approximate surface area is 106 Å². The minimum absolute atomic E-state index is 0.0823. The second-order valence-electron chi connectivity index (χ2n) is 4.51. The van der Waals surface area contributed by atoms with Gasteiger partial charge in [-0.05, 0) is 34.9 Å². The van der Waals surface area contributed by atoms with Crippen LogP contribution in [0, 0.1) is 0 Å². The number of fused-ring (bicyclic) bond motifs is 1. The van der Waals surface area contributed by atoms with Crippen LogP contribution in [-0.2, 0) is 6.42 Å². The van der Waals surface area contributed by atoms with Crippen LogP contribution in [0.15, 0.2) is 65.3 Å². The molecule has 90 valence electrons. The van der Waals surface area contributed by atoms with Crippen molar-refractivity contribution in [1.82, 2.24) is 0 Å². The fourth-order valence-electron chi connectivity index (χ4n) is 2.22. The molecule has 0 amide bonds. The number of benzene rings is 2. The molecule has 1 heterocycles. The third-order valence-corrected chi connectivity index (χ3v) is 3.18. The lowest BCUT2D eigenvalue weighted by molar-refractivity contribution is 0.465. The molecule has 0 aliphatic carbocycles. The first kappa shape index (κ1) is 11.1. The smallest absolute Gasteiger partial charge is 0.120 e. The minimum atomic E-state index is -0.0823. The first-order valence-corrected chi connectivity index (χ1v) is 6.09. The molecule has 0 radical (unpaired) electrons. The van der Waals surface area contributed by atoms with Gasteiger partial charge in [0.25, 0.3) is 0 Å². The fourth-order valence-corrected chi connectivity index (χ4v) is 2.22. The van der Waals surface area contributed by atoms with Crippen LogP contribution in [0.3, 0.4) is 0 Å². The zero-order valence-corrected chi connectivity index (χ0v) is 10.0. The highest BCUT2D eigenvalue weighted by molar-refractivity contribution is 5.82. The summed E-state index contributed by atoms with van der Waals surface area (Å²) in [6, 6.07) is 18.5. The molecular weight excluding hydrogens is 222 g/mol. The van der Waals surface area contributed by atoms with Crippen molar-refractivity contribution in [2.24, 2.45) is 5.73 Å². The molecule has 0 aliphatic heterocycles. The Morgan fingerprint density at radius 3 is 2.56 bits per heavy atom. The molecule has 0 aliphatic rings. The Balaban J connectivity index is 1.86. The van der Waals surface area contributed by atoms with Crippen molar-refractivity contribution in [3.8, 4) is 0 Å². The number of furan rings is 1. The van der Waals surface area contributed by atoms with E-state index in [-0.39, 0.29) is 6.04 Å². The molecule has 2 N–H and O–H groups in total. The normalized spacial score (nSPS) is 12.7. The highest BCUT2D eigenvalue weighted by atomic mass is 16.3. The van der Waals surface area contributed by atoms with E-state index in [1.54, 1.807) is 6.26 Å². The Kier molecular flexibility index (Phi) is 2.87. The lowest BCUT2D eigenvalue weighted by atomic mass is 10.0. The quantitative estimate of drug-likeness (QED) is 0.754. The highest BCUT2D eigenvalue weighted by Crippen LogP contribution is 2.20. The molecule has 1 unspecified atom stereocenters. The Hall–Kier alpha value is -2.06. The van der Waals surface area contributed by atoms with Gasteiger partial charge in [-0.15, -0.1) is 0 Å². The molecule has 0 saturated carbocycles. The van der Waals surface area contributed by atoms with Gasteiger partial charge in [0.2, 0.25) is 0 Å². The maximum Gasteiger partial charge on any atom is 0.120 e. The van der Waals surface area contributed by atoms with E-state index in [1.807, 2.05) is 12.1 Å². The molecule has 1 aromatic heterocycles. The maximum atomic E-state index is 6.12. The first-order valence-electron chi connectivity index (χ1n) is 6.09. The average Bonchev–Trinajstić information content (AvgIpc) is 2.92. The molecule has 3 rings (SSSR count). The Bertz CT molecular complexity index is 643. The van der Waals surface area contributed by atoms with E-state index in [9.17, 15) is 0 Å². The van der Waals surface area contributed by atoms with Gasteiger partial charge in [-0.25, -0.2) is 0 Å². The topological polar surface area (TPSA) is 39.2 Å². The standard InChI is InChI=1S/C16H15NO/c17-15(16-6-3-9-18-16)11-12-7-8-13-4-1-2-5-14(13)10-12/h1-10,15H,11,17H2. The van der Waals surface area contributed by atoms with Crippen LogP contribution in [0.5, 0.6) is 0 Å². The Morgan fingerprint density at radius 2 is 1.78 bits per heavy atom. The minimum Gasteiger partial charge on any atom is -0.468 e. The summed E-state index contributed by atoms with van der Waals surface area (Å²) in [5.74, 6) is 0.836. The number of hydrogen-bond acceptors (Lipinski definition) is 2. The van der Waals surface area contributed by atoms with Crippen LogP contribution >= 0.6 is 0 Å². The van der Waals surface area contributed by atoms with Gasteiger partial charge in [0.1, 0.15) is 5.76 Å². The molecule has 0 bridgehead atoms. The molecule has 1 atom stereocenters. The second-order valence-corrected chi connectivity index (χ2v) is 4.51. The third kappa shape index (κ3) is 2.15. The second kappa shape index (κ2) is 4.67. The van der Waals surface area contributed by atoms with E-state index >= 15 is 0 Å². The molecule has 0 saturated heterocycles. The predicted molar refractivity (Wildman–Crippen MR) is 73.3 cm³/mol. The van der Waals surface area contributed by atoms with Crippen LogP contribution in [0.1, 0.15) is 17.4 Å². The summed E-state index contributed by atoms with van der Waals surface area (Å²) in [7, 11) is 0. The van der Waals surface area contributed by atoms with Crippen molar-refractivity contribution >= 4 is 10.8 Å². The molecule has 2 aromatic carbocycles. The summed E-state index contributed by atoms with van der Waals surface area (Å²) in [5.41, 5.74) is 7.36. The highest BCUT2D eigenvalue weighted by Gasteiger charge is 2.09. The largest absolute Gasteiger partial charge is 0.468 e. The van der Waals surface area contributed by atoms with Crippen molar-refractivity contribution in [1.29, 1.82) is 0 Å². The van der Waals surface area contributed by atoms with E-state index in [4.69, 9.17) is 10.2 Å². The first-order chi connectivity index (χ1) is 8.83.